The van der Waals surface area contributed by atoms with Gasteiger partial charge in [-0.2, -0.15) is 0 Å². The van der Waals surface area contributed by atoms with E-state index in [-0.39, 0.29) is 31.1 Å². The summed E-state index contributed by atoms with van der Waals surface area (Å²) in [5.74, 6) is -0.871. The fourth-order valence-electron chi connectivity index (χ4n) is 8.90. The third-order valence-electron chi connectivity index (χ3n) is 13.5. The van der Waals surface area contributed by atoms with Crippen LogP contribution in [0, 0.1) is 0 Å². The second kappa shape index (κ2) is 59.7. The number of carbonyl (C=O) groups is 3. The highest BCUT2D eigenvalue weighted by Crippen LogP contribution is 2.16. The van der Waals surface area contributed by atoms with Crippen LogP contribution in [0.4, 0.5) is 0 Å². The lowest BCUT2D eigenvalue weighted by Gasteiger charge is -2.18. The fourth-order valence-corrected chi connectivity index (χ4v) is 8.90. The number of ether oxygens (including phenoxy) is 3. The highest BCUT2D eigenvalue weighted by atomic mass is 16.6. The quantitative estimate of drug-likeness (QED) is 0.0261. The van der Waals surface area contributed by atoms with E-state index in [1.807, 2.05) is 0 Å². The molecule has 0 saturated carbocycles. The molecule has 0 N–H and O–H groups in total. The standard InChI is InChI=1S/C65H116O6/c1-4-7-10-13-16-18-20-22-24-26-28-30-32-34-36-38-40-42-44-46-49-52-55-58-64(67)70-61-62(60-69-63(66)57-54-51-48-15-12-9-6-3)71-65(68)59-56-53-50-47-45-43-41-39-37-35-33-31-29-27-25-23-21-19-17-14-11-8-5-2/h7,10,16,18,22,24,27-30,62H,4-6,8-9,11-15,17,19-21,23,25-26,31-61H2,1-3H3/b10-7-,18-16-,24-22-,29-27-,30-28-. The third kappa shape index (κ3) is 57.9. The smallest absolute Gasteiger partial charge is 0.306 e. The summed E-state index contributed by atoms with van der Waals surface area (Å²) < 4.78 is 16.8. The topological polar surface area (TPSA) is 78.9 Å². The summed E-state index contributed by atoms with van der Waals surface area (Å²) in [5.41, 5.74) is 0. The first kappa shape index (κ1) is 68.1. The number of hydrogen-bond donors (Lipinski definition) is 0. The van der Waals surface area contributed by atoms with Crippen molar-refractivity contribution < 1.29 is 28.6 Å². The summed E-state index contributed by atoms with van der Waals surface area (Å²) in [7, 11) is 0. The molecule has 0 saturated heterocycles. The minimum atomic E-state index is -0.773. The molecule has 6 heteroatoms. The van der Waals surface area contributed by atoms with Gasteiger partial charge in [-0.05, 0) is 83.5 Å². The molecule has 0 aromatic rings. The summed E-state index contributed by atoms with van der Waals surface area (Å²) in [6.07, 6.45) is 75.3. The molecular weight excluding hydrogens is 877 g/mol. The van der Waals surface area contributed by atoms with Crippen molar-refractivity contribution in [2.24, 2.45) is 0 Å². The van der Waals surface area contributed by atoms with Gasteiger partial charge in [-0.25, -0.2) is 0 Å². The Hall–Kier alpha value is -2.89. The van der Waals surface area contributed by atoms with Crippen molar-refractivity contribution in [2.45, 2.75) is 322 Å². The minimum Gasteiger partial charge on any atom is -0.462 e. The van der Waals surface area contributed by atoms with Crippen molar-refractivity contribution >= 4 is 17.9 Å². The molecule has 0 amide bonds. The average Bonchev–Trinajstić information content (AvgIpc) is 3.37. The zero-order valence-corrected chi connectivity index (χ0v) is 47.2. The molecule has 71 heavy (non-hydrogen) atoms. The van der Waals surface area contributed by atoms with E-state index in [9.17, 15) is 14.4 Å². The third-order valence-corrected chi connectivity index (χ3v) is 13.5. The molecule has 0 fully saturated rings. The lowest BCUT2D eigenvalue weighted by molar-refractivity contribution is -0.167. The van der Waals surface area contributed by atoms with Crippen LogP contribution in [0.1, 0.15) is 316 Å². The summed E-state index contributed by atoms with van der Waals surface area (Å²) >= 11 is 0. The van der Waals surface area contributed by atoms with Gasteiger partial charge < -0.3 is 14.2 Å². The normalized spacial score (nSPS) is 12.4. The van der Waals surface area contributed by atoms with Crippen molar-refractivity contribution in [2.75, 3.05) is 13.2 Å². The van der Waals surface area contributed by atoms with Crippen LogP contribution in [0.3, 0.4) is 0 Å². The maximum atomic E-state index is 12.8. The Kier molecular flexibility index (Phi) is 57.2. The zero-order chi connectivity index (χ0) is 51.4. The second-order valence-corrected chi connectivity index (χ2v) is 20.6. The Labute approximate surface area is 440 Å². The van der Waals surface area contributed by atoms with Gasteiger partial charge in [-0.1, -0.05) is 274 Å². The first-order valence-electron chi connectivity index (χ1n) is 30.8. The maximum Gasteiger partial charge on any atom is 0.306 e. The molecule has 0 bridgehead atoms. The Balaban J connectivity index is 4.14. The molecule has 1 atom stereocenters. The van der Waals surface area contributed by atoms with Crippen LogP contribution in [0.25, 0.3) is 0 Å². The van der Waals surface area contributed by atoms with E-state index >= 15 is 0 Å². The lowest BCUT2D eigenvalue weighted by Crippen LogP contribution is -2.30. The van der Waals surface area contributed by atoms with Gasteiger partial charge in [0.1, 0.15) is 13.2 Å². The molecule has 0 aromatic heterocycles. The molecule has 412 valence electrons. The highest BCUT2D eigenvalue weighted by Gasteiger charge is 2.19. The van der Waals surface area contributed by atoms with E-state index in [1.165, 1.54) is 193 Å². The predicted octanol–water partition coefficient (Wildman–Crippen LogP) is 20.8. The van der Waals surface area contributed by atoms with Crippen LogP contribution in [-0.4, -0.2) is 37.2 Å². The van der Waals surface area contributed by atoms with Crippen molar-refractivity contribution in [1.82, 2.24) is 0 Å². The Morgan fingerprint density at radius 3 is 0.873 bits per heavy atom. The first-order chi connectivity index (χ1) is 35.0. The SMILES string of the molecule is CC/C=C\C/C=C\C/C=C\C/C=C\CCCCCCCCCCCCC(=O)OCC(COC(=O)CCCCCCCCC)OC(=O)CCCCCCCCCCCCC/C=C\CCCCCCCCCC. The number of rotatable bonds is 56. The summed E-state index contributed by atoms with van der Waals surface area (Å²) in [5, 5.41) is 0. The number of hydrogen-bond acceptors (Lipinski definition) is 6. The number of allylic oxidation sites excluding steroid dienone is 10. The van der Waals surface area contributed by atoms with Gasteiger partial charge in [0.25, 0.3) is 0 Å². The number of carbonyl (C=O) groups excluding carboxylic acids is 3. The monoisotopic (exact) mass is 993 g/mol. The molecule has 0 aromatic carbocycles. The van der Waals surface area contributed by atoms with Gasteiger partial charge in [0, 0.05) is 19.3 Å². The Morgan fingerprint density at radius 1 is 0.296 bits per heavy atom. The fraction of sp³-hybridized carbons (Fsp3) is 0.800. The van der Waals surface area contributed by atoms with E-state index in [4.69, 9.17) is 14.2 Å². The van der Waals surface area contributed by atoms with Crippen LogP contribution >= 0.6 is 0 Å². The molecule has 0 radical (unpaired) electrons. The van der Waals surface area contributed by atoms with Gasteiger partial charge >= 0.3 is 17.9 Å². The molecular formula is C65H116O6. The van der Waals surface area contributed by atoms with Crippen molar-refractivity contribution in [3.8, 4) is 0 Å². The summed E-state index contributed by atoms with van der Waals surface area (Å²) in [6, 6.07) is 0. The molecule has 0 rings (SSSR count). The minimum absolute atomic E-state index is 0.0733. The van der Waals surface area contributed by atoms with E-state index in [0.717, 1.165) is 83.5 Å². The first-order valence-corrected chi connectivity index (χ1v) is 30.8. The second-order valence-electron chi connectivity index (χ2n) is 20.6. The Morgan fingerprint density at radius 2 is 0.549 bits per heavy atom. The predicted molar refractivity (Wildman–Crippen MR) is 307 cm³/mol. The van der Waals surface area contributed by atoms with Gasteiger partial charge in [-0.3, -0.25) is 14.4 Å². The van der Waals surface area contributed by atoms with Crippen LogP contribution in [-0.2, 0) is 28.6 Å². The molecule has 0 heterocycles. The van der Waals surface area contributed by atoms with Crippen molar-refractivity contribution in [3.05, 3.63) is 60.8 Å². The van der Waals surface area contributed by atoms with Crippen LogP contribution in [0.2, 0.25) is 0 Å². The largest absolute Gasteiger partial charge is 0.462 e. The van der Waals surface area contributed by atoms with E-state index in [0.29, 0.717) is 19.3 Å². The molecule has 6 nitrogen and oxygen atoms in total. The summed E-state index contributed by atoms with van der Waals surface area (Å²) in [4.78, 5) is 38.0. The van der Waals surface area contributed by atoms with Gasteiger partial charge in [-0.15, -0.1) is 0 Å². The van der Waals surface area contributed by atoms with E-state index in [1.54, 1.807) is 0 Å². The lowest BCUT2D eigenvalue weighted by atomic mass is 10.0. The molecule has 0 aliphatic carbocycles. The molecule has 1 unspecified atom stereocenters. The average molecular weight is 994 g/mol. The molecule has 0 aliphatic heterocycles. The van der Waals surface area contributed by atoms with Gasteiger partial charge in [0.05, 0.1) is 0 Å². The zero-order valence-electron chi connectivity index (χ0n) is 47.2. The number of esters is 3. The summed E-state index contributed by atoms with van der Waals surface area (Å²) in [6.45, 7) is 6.52. The van der Waals surface area contributed by atoms with E-state index < -0.39 is 6.10 Å². The van der Waals surface area contributed by atoms with Crippen molar-refractivity contribution in [3.63, 3.8) is 0 Å². The van der Waals surface area contributed by atoms with Gasteiger partial charge in [0.2, 0.25) is 0 Å². The van der Waals surface area contributed by atoms with Gasteiger partial charge in [0.15, 0.2) is 6.10 Å². The highest BCUT2D eigenvalue weighted by molar-refractivity contribution is 5.71. The van der Waals surface area contributed by atoms with Crippen molar-refractivity contribution in [1.29, 1.82) is 0 Å². The molecule has 0 aliphatic rings. The number of unbranched alkanes of at least 4 members (excludes halogenated alkanes) is 35. The van der Waals surface area contributed by atoms with E-state index in [2.05, 4.69) is 81.5 Å². The molecule has 0 spiro atoms. The van der Waals surface area contributed by atoms with Crippen LogP contribution in [0.15, 0.2) is 60.8 Å². The maximum absolute atomic E-state index is 12.8. The van der Waals surface area contributed by atoms with Crippen LogP contribution in [0.5, 0.6) is 0 Å². The van der Waals surface area contributed by atoms with Crippen LogP contribution < -0.4 is 0 Å². The Bertz CT molecular complexity index is 1280.